The number of carboxylic acids is 1. The lowest BCUT2D eigenvalue weighted by Gasteiger charge is -2.35. The van der Waals surface area contributed by atoms with E-state index in [1.54, 1.807) is 0 Å². The molecule has 2 aromatic rings. The number of hydrogen-bond acceptors (Lipinski definition) is 7. The molecule has 39 heavy (non-hydrogen) atoms. The van der Waals surface area contributed by atoms with Crippen molar-refractivity contribution in [2.45, 2.75) is 102 Å². The summed E-state index contributed by atoms with van der Waals surface area (Å²) < 4.78 is 13.5. The monoisotopic (exact) mass is 539 g/mol. The first-order chi connectivity index (χ1) is 18.9. The maximum atomic E-state index is 12.6. The average molecular weight is 540 g/mol. The summed E-state index contributed by atoms with van der Waals surface area (Å²) in [6.45, 7) is 5.21. The number of carbonyl (C=O) groups excluding carboxylic acids is 1. The number of nitrogens with zero attached hydrogens (tertiary/aromatic N) is 3. The van der Waals surface area contributed by atoms with Crippen LogP contribution in [0.2, 0.25) is 0 Å². The fourth-order valence-corrected chi connectivity index (χ4v) is 6.14. The number of aryl methyl sites for hydroxylation is 4. The number of ether oxygens (including phenoxy) is 2. The van der Waals surface area contributed by atoms with Crippen LogP contribution in [0, 0.1) is 19.8 Å². The van der Waals surface area contributed by atoms with Gasteiger partial charge >= 0.3 is 12.1 Å². The number of aliphatic carboxylic acids is 1. The zero-order valence-electron chi connectivity index (χ0n) is 23.0. The van der Waals surface area contributed by atoms with Crippen molar-refractivity contribution in [3.63, 3.8) is 0 Å². The summed E-state index contributed by atoms with van der Waals surface area (Å²) in [5.41, 5.74) is 4.40. The minimum atomic E-state index is -1.09. The van der Waals surface area contributed by atoms with Gasteiger partial charge in [0.1, 0.15) is 18.0 Å². The van der Waals surface area contributed by atoms with Gasteiger partial charge in [-0.2, -0.15) is 5.10 Å². The van der Waals surface area contributed by atoms with Gasteiger partial charge in [0.15, 0.2) is 0 Å². The highest BCUT2D eigenvalue weighted by Crippen LogP contribution is 2.35. The van der Waals surface area contributed by atoms with Crippen LogP contribution in [0.3, 0.4) is 0 Å². The number of carboxylic acid groups (broad SMARTS) is 1. The van der Waals surface area contributed by atoms with Gasteiger partial charge in [-0.25, -0.2) is 14.6 Å². The van der Waals surface area contributed by atoms with Crippen molar-refractivity contribution in [2.24, 2.45) is 5.92 Å². The van der Waals surface area contributed by atoms with Gasteiger partial charge in [-0.3, -0.25) is 4.68 Å². The lowest BCUT2D eigenvalue weighted by atomic mass is 9.79. The smallest absolute Gasteiger partial charge is 0.408 e. The Morgan fingerprint density at radius 3 is 2.85 bits per heavy atom. The number of hydrogen-bond donors (Lipinski definition) is 3. The zero-order valence-corrected chi connectivity index (χ0v) is 23.0. The van der Waals surface area contributed by atoms with E-state index in [0.29, 0.717) is 5.92 Å². The van der Waals surface area contributed by atoms with Crippen LogP contribution in [-0.2, 0) is 27.1 Å². The van der Waals surface area contributed by atoms with Gasteiger partial charge in [0.05, 0.1) is 17.8 Å². The van der Waals surface area contributed by atoms with Crippen LogP contribution in [-0.4, -0.2) is 63.3 Å². The first-order valence-corrected chi connectivity index (χ1v) is 14.4. The van der Waals surface area contributed by atoms with E-state index in [1.807, 2.05) is 24.6 Å². The van der Waals surface area contributed by atoms with E-state index in [1.165, 1.54) is 5.56 Å². The second-order valence-electron chi connectivity index (χ2n) is 11.3. The Bertz CT molecular complexity index is 1160. The van der Waals surface area contributed by atoms with Crippen LogP contribution in [0.5, 0.6) is 0 Å². The summed E-state index contributed by atoms with van der Waals surface area (Å²) in [5.74, 6) is 0.562. The highest BCUT2D eigenvalue weighted by Gasteiger charge is 2.35. The Labute approximate surface area is 229 Å². The first-order valence-electron chi connectivity index (χ1n) is 14.4. The number of anilines is 1. The van der Waals surface area contributed by atoms with E-state index in [9.17, 15) is 14.7 Å². The predicted molar refractivity (Wildman–Crippen MR) is 146 cm³/mol. The third-order valence-electron chi connectivity index (χ3n) is 8.34. The van der Waals surface area contributed by atoms with E-state index in [-0.39, 0.29) is 31.3 Å². The van der Waals surface area contributed by atoms with Crippen LogP contribution in [0.1, 0.15) is 80.1 Å². The van der Waals surface area contributed by atoms with Crippen molar-refractivity contribution in [1.29, 1.82) is 0 Å². The number of alkyl carbamates (subject to hydrolysis) is 1. The molecule has 0 radical (unpaired) electrons. The molecule has 2 fully saturated rings. The molecule has 1 amide bonds. The van der Waals surface area contributed by atoms with Gasteiger partial charge in [-0.15, -0.1) is 0 Å². The molecule has 3 heterocycles. The van der Waals surface area contributed by atoms with Gasteiger partial charge in [-0.05, 0) is 95.2 Å². The minimum absolute atomic E-state index is 0.0256. The molecule has 5 rings (SSSR count). The normalized spacial score (nSPS) is 24.8. The largest absolute Gasteiger partial charge is 0.480 e. The number of carbonyl (C=O) groups is 2. The quantitative estimate of drug-likeness (QED) is 0.385. The predicted octanol–water partition coefficient (Wildman–Crippen LogP) is 4.34. The molecule has 0 aromatic carbocycles. The van der Waals surface area contributed by atoms with Gasteiger partial charge in [0, 0.05) is 31.0 Å². The number of rotatable bonds is 11. The van der Waals surface area contributed by atoms with Crippen LogP contribution >= 0.6 is 0 Å². The third kappa shape index (κ3) is 6.90. The highest BCUT2D eigenvalue weighted by atomic mass is 16.6. The molecule has 0 bridgehead atoms. The summed E-state index contributed by atoms with van der Waals surface area (Å²) in [6.07, 6.45) is 8.12. The molecule has 1 aliphatic heterocycles. The summed E-state index contributed by atoms with van der Waals surface area (Å²) in [5, 5.41) is 20.1. The van der Waals surface area contributed by atoms with Gasteiger partial charge in [0.25, 0.3) is 0 Å². The van der Waals surface area contributed by atoms with Crippen molar-refractivity contribution in [3.8, 4) is 0 Å². The van der Waals surface area contributed by atoms with Crippen LogP contribution in [0.15, 0.2) is 18.2 Å². The van der Waals surface area contributed by atoms with Crippen molar-refractivity contribution < 1.29 is 24.2 Å². The second kappa shape index (κ2) is 12.4. The van der Waals surface area contributed by atoms with E-state index >= 15 is 0 Å². The molecule has 2 saturated carbocycles. The maximum Gasteiger partial charge on any atom is 0.408 e. The molecule has 10 heteroatoms. The summed E-state index contributed by atoms with van der Waals surface area (Å²) in [7, 11) is 0. The number of nitrogens with one attached hydrogen (secondary N) is 2. The number of aromatic nitrogens is 3. The molecule has 2 aliphatic carbocycles. The average Bonchev–Trinajstić information content (AvgIpc) is 3.48. The van der Waals surface area contributed by atoms with Crippen LogP contribution in [0.4, 0.5) is 10.6 Å². The Morgan fingerprint density at radius 2 is 2.08 bits per heavy atom. The first kappa shape index (κ1) is 27.4. The molecular formula is C29H41N5O5. The van der Waals surface area contributed by atoms with Gasteiger partial charge < -0.3 is 25.2 Å². The van der Waals surface area contributed by atoms with Crippen LogP contribution < -0.4 is 10.6 Å². The molecule has 3 atom stereocenters. The molecule has 212 valence electrons. The molecule has 0 saturated heterocycles. The summed E-state index contributed by atoms with van der Waals surface area (Å²) in [4.78, 5) is 29.1. The van der Waals surface area contributed by atoms with Gasteiger partial charge in [0.2, 0.25) is 0 Å². The number of fused-ring (bicyclic) bond motifs is 1. The highest BCUT2D eigenvalue weighted by molar-refractivity contribution is 5.79. The molecular weight excluding hydrogens is 498 g/mol. The van der Waals surface area contributed by atoms with E-state index in [0.717, 1.165) is 87.2 Å². The maximum absolute atomic E-state index is 12.6. The van der Waals surface area contributed by atoms with Crippen molar-refractivity contribution in [1.82, 2.24) is 20.1 Å². The number of amides is 1. The fourth-order valence-electron chi connectivity index (χ4n) is 6.14. The van der Waals surface area contributed by atoms with Crippen LogP contribution in [0.25, 0.3) is 0 Å². The zero-order chi connectivity index (χ0) is 27.4. The molecule has 3 aliphatic rings. The minimum Gasteiger partial charge on any atom is -0.480 e. The molecule has 3 N–H and O–H groups in total. The topological polar surface area (TPSA) is 128 Å². The number of pyridine rings is 1. The summed E-state index contributed by atoms with van der Waals surface area (Å²) in [6, 6.07) is 5.28. The van der Waals surface area contributed by atoms with E-state index < -0.39 is 18.1 Å². The second-order valence-corrected chi connectivity index (χ2v) is 11.3. The molecule has 1 unspecified atom stereocenters. The van der Waals surface area contributed by atoms with Crippen molar-refractivity contribution in [3.05, 3.63) is 40.8 Å². The molecule has 2 aromatic heterocycles. The summed E-state index contributed by atoms with van der Waals surface area (Å²) >= 11 is 0. The lowest BCUT2D eigenvalue weighted by Crippen LogP contribution is -2.44. The van der Waals surface area contributed by atoms with E-state index in [4.69, 9.17) is 14.5 Å². The van der Waals surface area contributed by atoms with Crippen molar-refractivity contribution in [2.75, 3.05) is 18.5 Å². The Kier molecular flexibility index (Phi) is 8.69. The van der Waals surface area contributed by atoms with E-state index in [2.05, 4.69) is 27.9 Å². The Morgan fingerprint density at radius 1 is 1.23 bits per heavy atom. The molecule has 10 nitrogen and oxygen atoms in total. The van der Waals surface area contributed by atoms with Gasteiger partial charge in [-0.1, -0.05) is 6.07 Å². The Hall–Kier alpha value is -3.14. The lowest BCUT2D eigenvalue weighted by molar-refractivity contribution is -0.140. The molecule has 0 spiro atoms. The third-order valence-corrected chi connectivity index (χ3v) is 8.34. The fraction of sp³-hybridized carbons (Fsp3) is 0.655. The standard InChI is InChI=1S/C29H41N5O5/c1-18-15-19(2)34(33-18)25-6-3-7-26(25)39-29(37)32-24(28(35)36)12-14-38-23-16-20(17-23)8-10-22-11-9-21-5-4-13-30-27(21)31-22/h9,11,15,20,23-26H,3-8,10,12-14,16-17H2,1-2H3,(H,30,31)(H,32,37)(H,35,36)/t20-,23-,24-,25?,26-/m0/s1. The van der Waals surface area contributed by atoms with Crippen molar-refractivity contribution >= 4 is 17.9 Å². The SMILES string of the molecule is Cc1cc(C)n(C2CCC[C@@H]2OC(=O)N[C@@H](CCO[C@H]2C[C@H](CCc3ccc4c(n3)NCCC4)C2)C(=O)O)n1. The Balaban J connectivity index is 1.000.